The van der Waals surface area contributed by atoms with Gasteiger partial charge in [-0.3, -0.25) is 14.5 Å². The summed E-state index contributed by atoms with van der Waals surface area (Å²) in [6.07, 6.45) is 3.26. The maximum absolute atomic E-state index is 11.0. The van der Waals surface area contributed by atoms with E-state index >= 15 is 0 Å². The minimum Gasteiger partial charge on any atom is -0.481 e. The van der Waals surface area contributed by atoms with E-state index in [4.69, 9.17) is 10.8 Å². The number of primary amides is 1. The molecule has 1 aliphatic carbocycles. The molecule has 5 nitrogen and oxygen atoms in total. The number of hydrogen-bond donors (Lipinski definition) is 2. The predicted octanol–water partition coefficient (Wildman–Crippen LogP) is 1.61. The van der Waals surface area contributed by atoms with Gasteiger partial charge in [0.15, 0.2) is 0 Å². The lowest BCUT2D eigenvalue weighted by atomic mass is 10.1. The summed E-state index contributed by atoms with van der Waals surface area (Å²) in [5.41, 5.74) is 6.85. The van der Waals surface area contributed by atoms with Crippen LogP contribution in [0.15, 0.2) is 24.3 Å². The summed E-state index contributed by atoms with van der Waals surface area (Å²) in [6.45, 7) is 1.60. The summed E-state index contributed by atoms with van der Waals surface area (Å²) in [4.78, 5) is 23.9. The topological polar surface area (TPSA) is 83.6 Å². The van der Waals surface area contributed by atoms with Crippen LogP contribution in [0.1, 0.15) is 41.6 Å². The smallest absolute Gasteiger partial charge is 0.303 e. The molecule has 3 N–H and O–H groups in total. The van der Waals surface area contributed by atoms with E-state index < -0.39 is 11.9 Å². The van der Waals surface area contributed by atoms with Crippen LogP contribution in [-0.2, 0) is 11.3 Å². The molecule has 1 amide bonds. The first-order chi connectivity index (χ1) is 9.56. The van der Waals surface area contributed by atoms with Crippen molar-refractivity contribution < 1.29 is 14.7 Å². The third-order valence-corrected chi connectivity index (χ3v) is 3.52. The SMILES string of the molecule is NC(=O)c1ccc(CN(CCCC(=O)O)C2CC2)cc1. The second-order valence-electron chi connectivity index (χ2n) is 5.26. The third-order valence-electron chi connectivity index (χ3n) is 3.52. The Bertz CT molecular complexity index is 480. The lowest BCUT2D eigenvalue weighted by molar-refractivity contribution is -0.137. The van der Waals surface area contributed by atoms with Crippen LogP contribution in [0.5, 0.6) is 0 Å². The van der Waals surface area contributed by atoms with E-state index in [1.54, 1.807) is 12.1 Å². The number of carbonyl (C=O) groups excluding carboxylic acids is 1. The number of nitrogens with zero attached hydrogens (tertiary/aromatic N) is 1. The number of carbonyl (C=O) groups is 2. The monoisotopic (exact) mass is 276 g/mol. The summed E-state index contributed by atoms with van der Waals surface area (Å²) < 4.78 is 0. The van der Waals surface area contributed by atoms with Gasteiger partial charge in [0.2, 0.25) is 5.91 Å². The summed E-state index contributed by atoms with van der Waals surface area (Å²) >= 11 is 0. The van der Waals surface area contributed by atoms with Crippen molar-refractivity contribution in [1.82, 2.24) is 4.90 Å². The molecule has 0 saturated heterocycles. The Morgan fingerprint density at radius 3 is 2.40 bits per heavy atom. The Balaban J connectivity index is 1.90. The van der Waals surface area contributed by atoms with Gasteiger partial charge in [0.1, 0.15) is 0 Å². The van der Waals surface area contributed by atoms with Crippen molar-refractivity contribution in [3.05, 3.63) is 35.4 Å². The van der Waals surface area contributed by atoms with Crippen molar-refractivity contribution in [2.45, 2.75) is 38.3 Å². The molecule has 0 aromatic heterocycles. The van der Waals surface area contributed by atoms with E-state index in [-0.39, 0.29) is 6.42 Å². The van der Waals surface area contributed by atoms with E-state index in [9.17, 15) is 9.59 Å². The average molecular weight is 276 g/mol. The van der Waals surface area contributed by atoms with Gasteiger partial charge >= 0.3 is 5.97 Å². The van der Waals surface area contributed by atoms with E-state index in [2.05, 4.69) is 4.90 Å². The average Bonchev–Trinajstić information content (AvgIpc) is 3.22. The Morgan fingerprint density at radius 2 is 1.90 bits per heavy atom. The van der Waals surface area contributed by atoms with Gasteiger partial charge in [-0.1, -0.05) is 12.1 Å². The molecule has 20 heavy (non-hydrogen) atoms. The van der Waals surface area contributed by atoms with E-state index in [0.717, 1.165) is 18.7 Å². The van der Waals surface area contributed by atoms with Crippen LogP contribution < -0.4 is 5.73 Å². The molecule has 0 aliphatic heterocycles. The highest BCUT2D eigenvalue weighted by Crippen LogP contribution is 2.28. The van der Waals surface area contributed by atoms with Gasteiger partial charge in [0, 0.05) is 24.6 Å². The molecule has 0 radical (unpaired) electrons. The molecule has 2 rings (SSSR count). The van der Waals surface area contributed by atoms with Crippen molar-refractivity contribution in [3.63, 3.8) is 0 Å². The van der Waals surface area contributed by atoms with Gasteiger partial charge in [0.25, 0.3) is 0 Å². The molecule has 0 heterocycles. The van der Waals surface area contributed by atoms with Gasteiger partial charge in [-0.25, -0.2) is 0 Å². The van der Waals surface area contributed by atoms with Crippen molar-refractivity contribution in [3.8, 4) is 0 Å². The number of carboxylic acid groups (broad SMARTS) is 1. The fourth-order valence-corrected chi connectivity index (χ4v) is 2.27. The van der Waals surface area contributed by atoms with Gasteiger partial charge in [-0.2, -0.15) is 0 Å². The fourth-order valence-electron chi connectivity index (χ4n) is 2.27. The number of nitrogens with two attached hydrogens (primary N) is 1. The number of benzene rings is 1. The zero-order chi connectivity index (χ0) is 14.5. The molecule has 0 atom stereocenters. The molecule has 0 unspecified atom stereocenters. The maximum atomic E-state index is 11.0. The van der Waals surface area contributed by atoms with Gasteiger partial charge in [0.05, 0.1) is 0 Å². The Morgan fingerprint density at radius 1 is 1.25 bits per heavy atom. The quantitative estimate of drug-likeness (QED) is 0.755. The minimum absolute atomic E-state index is 0.212. The number of amides is 1. The highest BCUT2D eigenvalue weighted by molar-refractivity contribution is 5.92. The lowest BCUT2D eigenvalue weighted by Crippen LogP contribution is -2.27. The largest absolute Gasteiger partial charge is 0.481 e. The number of rotatable bonds is 8. The summed E-state index contributed by atoms with van der Waals surface area (Å²) in [5, 5.41) is 8.69. The van der Waals surface area contributed by atoms with Crippen molar-refractivity contribution >= 4 is 11.9 Å². The molecule has 1 saturated carbocycles. The van der Waals surface area contributed by atoms with E-state index in [1.165, 1.54) is 12.8 Å². The third kappa shape index (κ3) is 4.35. The van der Waals surface area contributed by atoms with Gasteiger partial charge in [-0.05, 0) is 43.5 Å². The standard InChI is InChI=1S/C15H20N2O3/c16-15(20)12-5-3-11(4-6-12)10-17(13-7-8-13)9-1-2-14(18)19/h3-6,13H,1-2,7-10H2,(H2,16,20)(H,18,19). The zero-order valence-electron chi connectivity index (χ0n) is 11.4. The van der Waals surface area contributed by atoms with Crippen LogP contribution in [0.25, 0.3) is 0 Å². The Labute approximate surface area is 118 Å². The number of carboxylic acids is 1. The van der Waals surface area contributed by atoms with Crippen LogP contribution in [0, 0.1) is 0 Å². The molecule has 0 bridgehead atoms. The first kappa shape index (κ1) is 14.5. The van der Waals surface area contributed by atoms with E-state index in [0.29, 0.717) is 18.0 Å². The van der Waals surface area contributed by atoms with Crippen LogP contribution in [-0.4, -0.2) is 34.5 Å². The molecule has 1 fully saturated rings. The fraction of sp³-hybridized carbons (Fsp3) is 0.467. The van der Waals surface area contributed by atoms with Crippen molar-refractivity contribution in [2.75, 3.05) is 6.54 Å². The van der Waals surface area contributed by atoms with Crippen LogP contribution in [0.4, 0.5) is 0 Å². The summed E-state index contributed by atoms with van der Waals surface area (Å²) in [7, 11) is 0. The highest BCUT2D eigenvalue weighted by atomic mass is 16.4. The molecular formula is C15H20N2O3. The number of hydrogen-bond acceptors (Lipinski definition) is 3. The first-order valence-electron chi connectivity index (χ1n) is 6.91. The van der Waals surface area contributed by atoms with E-state index in [1.807, 2.05) is 12.1 Å². The Hall–Kier alpha value is -1.88. The van der Waals surface area contributed by atoms with Gasteiger partial charge in [-0.15, -0.1) is 0 Å². The lowest BCUT2D eigenvalue weighted by Gasteiger charge is -2.21. The first-order valence-corrected chi connectivity index (χ1v) is 6.91. The second-order valence-corrected chi connectivity index (χ2v) is 5.26. The van der Waals surface area contributed by atoms with Crippen LogP contribution in [0.2, 0.25) is 0 Å². The molecule has 1 aromatic rings. The molecule has 5 heteroatoms. The molecular weight excluding hydrogens is 256 g/mol. The van der Waals surface area contributed by atoms with Crippen LogP contribution in [0.3, 0.4) is 0 Å². The highest BCUT2D eigenvalue weighted by Gasteiger charge is 2.28. The van der Waals surface area contributed by atoms with Gasteiger partial charge < -0.3 is 10.8 Å². The van der Waals surface area contributed by atoms with Crippen molar-refractivity contribution in [1.29, 1.82) is 0 Å². The molecule has 0 spiro atoms. The Kier molecular flexibility index (Phi) is 4.74. The molecule has 1 aliphatic rings. The normalized spacial score (nSPS) is 14.4. The minimum atomic E-state index is -0.744. The molecule has 1 aromatic carbocycles. The number of aliphatic carboxylic acids is 1. The second kappa shape index (κ2) is 6.52. The van der Waals surface area contributed by atoms with Crippen molar-refractivity contribution in [2.24, 2.45) is 5.73 Å². The zero-order valence-corrected chi connectivity index (χ0v) is 11.4. The summed E-state index contributed by atoms with van der Waals surface area (Å²) in [5.74, 6) is -1.16. The predicted molar refractivity (Wildman–Crippen MR) is 75.3 cm³/mol. The summed E-state index contributed by atoms with van der Waals surface area (Å²) in [6, 6.07) is 7.87. The van der Waals surface area contributed by atoms with Crippen LogP contribution >= 0.6 is 0 Å². The molecule has 108 valence electrons. The maximum Gasteiger partial charge on any atom is 0.303 e.